The van der Waals surface area contributed by atoms with Gasteiger partial charge in [-0.15, -0.1) is 28.3 Å². The Kier molecular flexibility index (Phi) is 80.1. The summed E-state index contributed by atoms with van der Waals surface area (Å²) in [6.07, 6.45) is 0. The topological polar surface area (TPSA) is 0 Å². The van der Waals surface area contributed by atoms with Gasteiger partial charge < -0.3 is 0 Å². The first-order chi connectivity index (χ1) is 52.2. The normalized spacial score (nSPS) is 8.58. The van der Waals surface area contributed by atoms with E-state index in [1.165, 1.54) is 121 Å². The molecule has 0 atom stereocenters. The molecule has 0 aliphatic rings. The Morgan fingerprint density at radius 3 is 0.673 bits per heavy atom. The zero-order valence-electron chi connectivity index (χ0n) is 76.4. The maximum absolute atomic E-state index is 3.25. The molecule has 0 unspecified atom stereocenters. The molecular formula is C108H150Y2-4. The summed E-state index contributed by atoms with van der Waals surface area (Å²) >= 11 is 0. The van der Waals surface area contributed by atoms with Crippen LogP contribution in [-0.4, -0.2) is 0 Å². The molecule has 0 spiro atoms. The van der Waals surface area contributed by atoms with Crippen LogP contribution in [-0.2, 0) is 65.4 Å². The molecule has 0 heterocycles. The number of aryl methyl sites for hydroxylation is 16. The van der Waals surface area contributed by atoms with Crippen molar-refractivity contribution in [3.05, 3.63) is 368 Å². The summed E-state index contributed by atoms with van der Waals surface area (Å²) in [6, 6.07) is 102. The smallest absolute Gasteiger partial charge is 0 e. The van der Waals surface area contributed by atoms with Gasteiger partial charge >= 0.3 is 0 Å². The van der Waals surface area contributed by atoms with Crippen molar-refractivity contribution in [1.82, 2.24) is 0 Å². The average Bonchev–Trinajstić information content (AvgIpc) is 0.828. The van der Waals surface area contributed by atoms with Gasteiger partial charge in [0.2, 0.25) is 0 Å². The van der Waals surface area contributed by atoms with E-state index >= 15 is 0 Å². The van der Waals surface area contributed by atoms with Gasteiger partial charge in [-0.3, -0.25) is 0 Å². The van der Waals surface area contributed by atoms with E-state index < -0.39 is 0 Å². The number of fused-ring (bicyclic) bond motifs is 3. The predicted octanol–water partition coefficient (Wildman–Crippen LogP) is 34.7. The maximum atomic E-state index is 3.25. The summed E-state index contributed by atoms with van der Waals surface area (Å²) < 4.78 is 0. The third kappa shape index (κ3) is 50.0. The minimum Gasteiger partial charge on any atom is -0.226 e. The van der Waals surface area contributed by atoms with Gasteiger partial charge in [0, 0.05) is 65.4 Å². The number of hydrogen-bond donors (Lipinski definition) is 0. The van der Waals surface area contributed by atoms with Crippen LogP contribution < -0.4 is 0 Å². The molecule has 13 aromatic rings. The fourth-order valence-corrected chi connectivity index (χ4v) is 9.56. The van der Waals surface area contributed by atoms with Crippen LogP contribution in [0.25, 0.3) is 54.6 Å². The third-order valence-electron chi connectivity index (χ3n) is 15.1. The van der Waals surface area contributed by atoms with Crippen LogP contribution >= 0.6 is 0 Å². The summed E-state index contributed by atoms with van der Waals surface area (Å²) in [5, 5.41) is 8.16. The second-order valence-corrected chi connectivity index (χ2v) is 23.4. The number of benzene rings is 13. The van der Waals surface area contributed by atoms with Crippen molar-refractivity contribution < 1.29 is 65.4 Å². The van der Waals surface area contributed by atoms with Crippen LogP contribution in [0.1, 0.15) is 227 Å². The Bertz CT molecular complexity index is 3960. The molecule has 13 aromatic carbocycles. The van der Waals surface area contributed by atoms with E-state index in [1.54, 1.807) is 0 Å². The Morgan fingerprint density at radius 1 is 0.164 bits per heavy atom. The van der Waals surface area contributed by atoms with Crippen LogP contribution in [0.15, 0.2) is 255 Å². The summed E-state index contributed by atoms with van der Waals surface area (Å²) in [7, 11) is 0. The summed E-state index contributed by atoms with van der Waals surface area (Å²) in [6.45, 7) is 73.8. The molecule has 0 fully saturated rings. The van der Waals surface area contributed by atoms with Gasteiger partial charge in [-0.05, 0) is 149 Å². The molecule has 0 saturated heterocycles. The van der Waals surface area contributed by atoms with Crippen molar-refractivity contribution in [2.75, 3.05) is 0 Å². The zero-order chi connectivity index (χ0) is 83.5. The van der Waals surface area contributed by atoms with Gasteiger partial charge in [-0.25, -0.2) is 22.3 Å². The van der Waals surface area contributed by atoms with Crippen molar-refractivity contribution in [2.24, 2.45) is 0 Å². The van der Waals surface area contributed by atoms with E-state index in [1.807, 2.05) is 163 Å². The Hall–Kier alpha value is -7.15. The van der Waals surface area contributed by atoms with E-state index in [4.69, 9.17) is 0 Å². The van der Waals surface area contributed by atoms with Gasteiger partial charge in [0.15, 0.2) is 0 Å². The Balaban J connectivity index is -0.000000214. The summed E-state index contributed by atoms with van der Waals surface area (Å²) in [5.74, 6) is 0. The molecule has 0 bridgehead atoms. The molecule has 0 aliphatic carbocycles. The molecule has 2 radical (unpaired) electrons. The van der Waals surface area contributed by atoms with E-state index in [-0.39, 0.29) is 65.4 Å². The van der Waals surface area contributed by atoms with Gasteiger partial charge in [-0.1, -0.05) is 382 Å². The van der Waals surface area contributed by atoms with Crippen molar-refractivity contribution in [3.63, 3.8) is 0 Å². The standard InChI is InChI=1S/2C14H12.3C12H12.3C8H10.10C2H6.2Y/c1-11-3-7-13(8-4-11)14-9-5-12(2)6-10-14;1-11-6-8-13(9-7-11)14-5-3-4-12(2)10-14;1-9-3-5-12-8-10(2)4-6-11(12)7-9;1-9-5-3-8-12-10(2)6-4-7-11(9)12;1-9-7-8-10(2)12-6-4-3-5-11(9)12;1-7-3-5-8(2)6-4-7;1-7-4-3-5-8(2)6-7;1-7-5-3-4-6-8(7)2;10*1-2;;/h3-7,9H,1-2H3;3-4,6-8,10H,1-2H3;3*3-8H,1-2H3;3*3-6H,1-2H3;10*1-2H3;;/q2*-2;;;;;;;;;;;;;;;;;;. The molecule has 13 rings (SSSR count). The summed E-state index contributed by atoms with van der Waals surface area (Å²) in [4.78, 5) is 0. The quantitative estimate of drug-likeness (QED) is 0.151. The molecule has 0 aliphatic heterocycles. The van der Waals surface area contributed by atoms with Crippen molar-refractivity contribution in [2.45, 2.75) is 249 Å². The SMILES string of the molecule is CC.CC.CC.CC.CC.CC.CC.CC.CC.CC.Cc1c[c-]c(-c2[c-]cc(C)cc2)cc1.Cc1c[c-]c(-c2[c-]ccc(C)c2)cc1.Cc1ccc(C)c2ccccc12.Cc1ccc(C)cc1.Cc1ccc2cc(C)ccc2c1.Cc1cccc(C)c1.Cc1cccc2c(C)cccc12.Cc1ccccc1C.[Y].[Y]. The second-order valence-electron chi connectivity index (χ2n) is 23.4. The first-order valence-corrected chi connectivity index (χ1v) is 40.6. The first-order valence-electron chi connectivity index (χ1n) is 40.6. The molecule has 0 aromatic heterocycles. The van der Waals surface area contributed by atoms with Crippen LogP contribution in [0.4, 0.5) is 0 Å². The minimum absolute atomic E-state index is 0. The average molecular weight is 1630 g/mol. The van der Waals surface area contributed by atoms with Crippen molar-refractivity contribution >= 4 is 32.3 Å². The summed E-state index contributed by atoms with van der Waals surface area (Å²) in [5.41, 5.74) is 25.6. The minimum atomic E-state index is 0. The zero-order valence-corrected chi connectivity index (χ0v) is 82.1. The molecule has 0 amide bonds. The number of rotatable bonds is 2. The van der Waals surface area contributed by atoms with Crippen LogP contribution in [0.3, 0.4) is 0 Å². The molecular weight excluding hydrogens is 1470 g/mol. The third-order valence-corrected chi connectivity index (χ3v) is 15.1. The van der Waals surface area contributed by atoms with Crippen LogP contribution in [0.2, 0.25) is 0 Å². The predicted molar refractivity (Wildman–Crippen MR) is 500 cm³/mol. The van der Waals surface area contributed by atoms with Gasteiger partial charge in [0.1, 0.15) is 0 Å². The molecule has 110 heavy (non-hydrogen) atoms. The number of hydrogen-bond acceptors (Lipinski definition) is 0. The van der Waals surface area contributed by atoms with E-state index in [2.05, 4.69) is 366 Å². The van der Waals surface area contributed by atoms with Crippen molar-refractivity contribution in [3.8, 4) is 22.3 Å². The molecule has 0 saturated carbocycles. The van der Waals surface area contributed by atoms with Crippen LogP contribution in [0.5, 0.6) is 0 Å². The fraction of sp³-hybridized carbons (Fsp3) is 0.333. The maximum Gasteiger partial charge on any atom is 0 e. The monoisotopic (exact) mass is 1620 g/mol. The van der Waals surface area contributed by atoms with Crippen LogP contribution in [0, 0.1) is 135 Å². The Morgan fingerprint density at radius 2 is 0.400 bits per heavy atom. The van der Waals surface area contributed by atoms with E-state index in [0.29, 0.717) is 0 Å². The molecule has 592 valence electrons. The van der Waals surface area contributed by atoms with Gasteiger partial charge in [0.05, 0.1) is 0 Å². The van der Waals surface area contributed by atoms with Gasteiger partial charge in [-0.2, -0.15) is 91.0 Å². The molecule has 0 nitrogen and oxygen atoms in total. The fourth-order valence-electron chi connectivity index (χ4n) is 9.56. The first kappa shape index (κ1) is 116. The van der Waals surface area contributed by atoms with E-state index in [0.717, 1.165) is 22.3 Å². The largest absolute Gasteiger partial charge is 0.226 e. The Labute approximate surface area is 730 Å². The van der Waals surface area contributed by atoms with E-state index in [9.17, 15) is 0 Å². The second kappa shape index (κ2) is 75.9. The molecule has 2 heteroatoms. The van der Waals surface area contributed by atoms with Gasteiger partial charge in [0.25, 0.3) is 0 Å². The molecule has 0 N–H and O–H groups in total. The van der Waals surface area contributed by atoms with Crippen molar-refractivity contribution in [1.29, 1.82) is 0 Å².